The molecule has 3 heterocycles. The number of hydrogen-bond donors (Lipinski definition) is 1. The van der Waals surface area contributed by atoms with Crippen LogP contribution in [0.4, 0.5) is 5.69 Å². The normalized spacial score (nSPS) is 14.1. The summed E-state index contributed by atoms with van der Waals surface area (Å²) in [6, 6.07) is 16.1. The summed E-state index contributed by atoms with van der Waals surface area (Å²) in [7, 11) is 4.02. The van der Waals surface area contributed by atoms with Gasteiger partial charge in [0.2, 0.25) is 5.91 Å². The highest BCUT2D eigenvalue weighted by Crippen LogP contribution is 2.30. The zero-order valence-corrected chi connectivity index (χ0v) is 21.6. The molecule has 0 aliphatic carbocycles. The van der Waals surface area contributed by atoms with Crippen LogP contribution in [0.3, 0.4) is 0 Å². The van der Waals surface area contributed by atoms with E-state index < -0.39 is 0 Å². The topological polar surface area (TPSA) is 65.5 Å². The first-order chi connectivity index (χ1) is 16.9. The molecule has 0 radical (unpaired) electrons. The van der Waals surface area contributed by atoms with Gasteiger partial charge in [-0.2, -0.15) is 0 Å². The molecule has 1 N–H and O–H groups in total. The summed E-state index contributed by atoms with van der Waals surface area (Å²) >= 11 is 1.70. The molecule has 4 rings (SSSR count). The molecule has 7 heteroatoms. The third-order valence-corrected chi connectivity index (χ3v) is 7.52. The molecule has 1 aliphatic rings. The number of likely N-dealkylation sites (tertiary alicyclic amines) is 1. The fourth-order valence-electron chi connectivity index (χ4n) is 4.53. The number of anilines is 1. The van der Waals surface area contributed by atoms with Crippen molar-refractivity contribution in [3.63, 3.8) is 0 Å². The molecular weight excluding hydrogens is 456 g/mol. The van der Waals surface area contributed by atoms with Gasteiger partial charge in [-0.05, 0) is 67.5 Å². The molecule has 1 fully saturated rings. The van der Waals surface area contributed by atoms with Gasteiger partial charge in [-0.1, -0.05) is 18.2 Å². The lowest BCUT2D eigenvalue weighted by Crippen LogP contribution is -2.39. The van der Waals surface area contributed by atoms with Gasteiger partial charge in [0.05, 0.1) is 17.7 Å². The maximum Gasteiger partial charge on any atom is 0.253 e. The second-order valence-corrected chi connectivity index (χ2v) is 10.4. The molecule has 0 bridgehead atoms. The van der Waals surface area contributed by atoms with Gasteiger partial charge in [0, 0.05) is 55.9 Å². The van der Waals surface area contributed by atoms with Crippen molar-refractivity contribution in [2.45, 2.75) is 38.5 Å². The Kier molecular flexibility index (Phi) is 8.18. The minimum absolute atomic E-state index is 0.0660. The molecule has 35 heavy (non-hydrogen) atoms. The number of benzene rings is 1. The standard InChI is InChI=1S/C28H34N4O2S/c1-20-6-11-25(28(34)29-15-12-24-5-4-18-35-24)27(30-20)22-13-16-32(17-14-22)26(33)19-21-7-9-23(10-8-21)31(2)3/h4-11,18,22H,12-17,19H2,1-3H3,(H,29,34). The number of rotatable bonds is 8. The molecule has 184 valence electrons. The molecule has 6 nitrogen and oxygen atoms in total. The molecule has 0 unspecified atom stereocenters. The number of amides is 2. The van der Waals surface area contributed by atoms with E-state index in [1.807, 2.05) is 73.3 Å². The fourth-order valence-corrected chi connectivity index (χ4v) is 5.24. The Morgan fingerprint density at radius 1 is 1.09 bits per heavy atom. The highest BCUT2D eigenvalue weighted by Gasteiger charge is 2.28. The number of hydrogen-bond acceptors (Lipinski definition) is 5. The van der Waals surface area contributed by atoms with Crippen LogP contribution in [-0.4, -0.2) is 55.4 Å². The zero-order valence-electron chi connectivity index (χ0n) is 20.8. The van der Waals surface area contributed by atoms with E-state index in [4.69, 9.17) is 4.98 Å². The molecule has 2 amide bonds. The van der Waals surface area contributed by atoms with Gasteiger partial charge in [0.25, 0.3) is 5.91 Å². The van der Waals surface area contributed by atoms with E-state index in [9.17, 15) is 9.59 Å². The Labute approximate surface area is 212 Å². The molecule has 1 aliphatic heterocycles. The van der Waals surface area contributed by atoms with Crippen LogP contribution in [0.5, 0.6) is 0 Å². The lowest BCUT2D eigenvalue weighted by Gasteiger charge is -2.32. The molecule has 0 spiro atoms. The highest BCUT2D eigenvalue weighted by atomic mass is 32.1. The number of aryl methyl sites for hydroxylation is 1. The van der Waals surface area contributed by atoms with E-state index in [1.165, 1.54) is 4.88 Å². The Hall–Kier alpha value is -3.19. The average molecular weight is 491 g/mol. The number of pyridine rings is 1. The lowest BCUT2D eigenvalue weighted by molar-refractivity contribution is -0.131. The minimum atomic E-state index is -0.0660. The van der Waals surface area contributed by atoms with Crippen molar-refractivity contribution in [2.75, 3.05) is 38.6 Å². The van der Waals surface area contributed by atoms with E-state index in [-0.39, 0.29) is 17.7 Å². The summed E-state index contributed by atoms with van der Waals surface area (Å²) in [5.41, 5.74) is 4.59. The van der Waals surface area contributed by atoms with Crippen LogP contribution in [0.25, 0.3) is 0 Å². The zero-order chi connectivity index (χ0) is 24.8. The number of nitrogens with zero attached hydrogens (tertiary/aromatic N) is 3. The number of carbonyl (C=O) groups is 2. The summed E-state index contributed by atoms with van der Waals surface area (Å²) in [6.45, 7) is 3.94. The van der Waals surface area contributed by atoms with E-state index in [0.29, 0.717) is 31.6 Å². The first-order valence-corrected chi connectivity index (χ1v) is 13.1. The third-order valence-electron chi connectivity index (χ3n) is 6.59. The first kappa shape index (κ1) is 24.9. The second kappa shape index (κ2) is 11.5. The SMILES string of the molecule is Cc1ccc(C(=O)NCCc2cccs2)c(C2CCN(C(=O)Cc3ccc(N(C)C)cc3)CC2)n1. The van der Waals surface area contributed by atoms with Gasteiger partial charge in [-0.25, -0.2) is 0 Å². The number of aromatic nitrogens is 1. The summed E-state index contributed by atoms with van der Waals surface area (Å²) < 4.78 is 0. The predicted molar refractivity (Wildman–Crippen MR) is 142 cm³/mol. The van der Waals surface area contributed by atoms with Crippen molar-refractivity contribution in [3.8, 4) is 0 Å². The van der Waals surface area contributed by atoms with Gasteiger partial charge < -0.3 is 15.1 Å². The van der Waals surface area contributed by atoms with Crippen LogP contribution in [0, 0.1) is 6.92 Å². The molecule has 2 aromatic heterocycles. The van der Waals surface area contributed by atoms with Crippen LogP contribution in [0.1, 0.15) is 50.9 Å². The van der Waals surface area contributed by atoms with Crippen LogP contribution in [0.2, 0.25) is 0 Å². The van der Waals surface area contributed by atoms with Crippen molar-refractivity contribution in [1.82, 2.24) is 15.2 Å². The van der Waals surface area contributed by atoms with Gasteiger partial charge in [0.15, 0.2) is 0 Å². The predicted octanol–water partition coefficient (Wildman–Crippen LogP) is 4.44. The Morgan fingerprint density at radius 3 is 2.49 bits per heavy atom. The van der Waals surface area contributed by atoms with E-state index >= 15 is 0 Å². The van der Waals surface area contributed by atoms with Crippen LogP contribution < -0.4 is 10.2 Å². The Balaban J connectivity index is 1.34. The maximum absolute atomic E-state index is 13.0. The molecule has 3 aromatic rings. The molecule has 1 aromatic carbocycles. The van der Waals surface area contributed by atoms with E-state index in [1.54, 1.807) is 11.3 Å². The van der Waals surface area contributed by atoms with Crippen molar-refractivity contribution >= 4 is 28.8 Å². The molecule has 1 saturated heterocycles. The minimum Gasteiger partial charge on any atom is -0.378 e. The summed E-state index contributed by atoms with van der Waals surface area (Å²) in [5, 5.41) is 5.11. The summed E-state index contributed by atoms with van der Waals surface area (Å²) in [6.07, 6.45) is 2.88. The van der Waals surface area contributed by atoms with Crippen molar-refractivity contribution < 1.29 is 9.59 Å². The van der Waals surface area contributed by atoms with Crippen molar-refractivity contribution in [2.24, 2.45) is 0 Å². The molecule has 0 saturated carbocycles. The van der Waals surface area contributed by atoms with E-state index in [2.05, 4.69) is 16.8 Å². The van der Waals surface area contributed by atoms with Gasteiger partial charge >= 0.3 is 0 Å². The van der Waals surface area contributed by atoms with Gasteiger partial charge in [0.1, 0.15) is 0 Å². The summed E-state index contributed by atoms with van der Waals surface area (Å²) in [5.74, 6) is 0.268. The largest absolute Gasteiger partial charge is 0.378 e. The summed E-state index contributed by atoms with van der Waals surface area (Å²) in [4.78, 5) is 35.9. The van der Waals surface area contributed by atoms with Crippen LogP contribution >= 0.6 is 11.3 Å². The van der Waals surface area contributed by atoms with E-state index in [0.717, 1.165) is 41.9 Å². The first-order valence-electron chi connectivity index (χ1n) is 12.2. The fraction of sp³-hybridized carbons (Fsp3) is 0.393. The second-order valence-electron chi connectivity index (χ2n) is 9.36. The number of piperidine rings is 1. The molecule has 0 atom stereocenters. The highest BCUT2D eigenvalue weighted by molar-refractivity contribution is 7.09. The lowest BCUT2D eigenvalue weighted by atomic mass is 9.89. The van der Waals surface area contributed by atoms with Crippen molar-refractivity contribution in [3.05, 3.63) is 81.3 Å². The smallest absolute Gasteiger partial charge is 0.253 e. The Bertz CT molecular complexity index is 1130. The monoisotopic (exact) mass is 490 g/mol. The van der Waals surface area contributed by atoms with Crippen LogP contribution in [-0.2, 0) is 17.6 Å². The molecular formula is C28H34N4O2S. The number of nitrogens with one attached hydrogen (secondary N) is 1. The van der Waals surface area contributed by atoms with Crippen LogP contribution in [0.15, 0.2) is 53.9 Å². The maximum atomic E-state index is 13.0. The van der Waals surface area contributed by atoms with Gasteiger partial charge in [-0.15, -0.1) is 11.3 Å². The number of carbonyl (C=O) groups excluding carboxylic acids is 2. The van der Waals surface area contributed by atoms with Gasteiger partial charge in [-0.3, -0.25) is 14.6 Å². The van der Waals surface area contributed by atoms with Crippen molar-refractivity contribution in [1.29, 1.82) is 0 Å². The third kappa shape index (κ3) is 6.48. The Morgan fingerprint density at radius 2 is 1.83 bits per heavy atom. The quantitative estimate of drug-likeness (QED) is 0.507. The number of thiophene rings is 1. The average Bonchev–Trinajstić information content (AvgIpc) is 3.38.